The highest BCUT2D eigenvalue weighted by Crippen LogP contribution is 2.36. The highest BCUT2D eigenvalue weighted by molar-refractivity contribution is 9.09. The van der Waals surface area contributed by atoms with Crippen molar-refractivity contribution in [3.63, 3.8) is 0 Å². The predicted octanol–water partition coefficient (Wildman–Crippen LogP) is 5.41. The van der Waals surface area contributed by atoms with Crippen molar-refractivity contribution in [3.05, 3.63) is 34.9 Å². The zero-order valence-corrected chi connectivity index (χ0v) is 15.3. The average molecular weight is 448 g/mol. The molecule has 1 aromatic carbocycles. The topological polar surface area (TPSA) is 49.7 Å². The molecular formula is C16H16BrF6NO2. The van der Waals surface area contributed by atoms with Crippen LogP contribution in [0.1, 0.15) is 37.0 Å². The summed E-state index contributed by atoms with van der Waals surface area (Å²) in [6.45, 7) is 3.28. The highest BCUT2D eigenvalue weighted by Gasteiger charge is 2.42. The van der Waals surface area contributed by atoms with Gasteiger partial charge in [-0.25, -0.2) is 4.79 Å². The summed E-state index contributed by atoms with van der Waals surface area (Å²) in [5.41, 5.74) is -5.17. The molecule has 0 radical (unpaired) electrons. The molecule has 1 rings (SSSR count). The Morgan fingerprint density at radius 2 is 1.62 bits per heavy atom. The third kappa shape index (κ3) is 4.99. The SMILES string of the molecule is CC[C@H](C)C(CBr)(N=Cc1cc(C(F)(F)F)cc(C(F)(F)F)c1)C(=O)O. The number of rotatable bonds is 6. The number of alkyl halides is 7. The Balaban J connectivity index is 3.50. The van der Waals surface area contributed by atoms with Crippen molar-refractivity contribution in [1.82, 2.24) is 0 Å². The molecule has 10 heteroatoms. The van der Waals surface area contributed by atoms with Crippen molar-refractivity contribution >= 4 is 28.1 Å². The van der Waals surface area contributed by atoms with Gasteiger partial charge in [0.05, 0.1) is 11.1 Å². The van der Waals surface area contributed by atoms with Gasteiger partial charge in [-0.2, -0.15) is 26.3 Å². The van der Waals surface area contributed by atoms with Crippen LogP contribution in [0.5, 0.6) is 0 Å². The van der Waals surface area contributed by atoms with E-state index < -0.39 is 46.5 Å². The second-order valence-electron chi connectivity index (χ2n) is 5.77. The van der Waals surface area contributed by atoms with E-state index in [4.69, 9.17) is 0 Å². The molecule has 0 saturated carbocycles. The van der Waals surface area contributed by atoms with Gasteiger partial charge in [-0.1, -0.05) is 36.2 Å². The number of hydrogen-bond donors (Lipinski definition) is 1. The summed E-state index contributed by atoms with van der Waals surface area (Å²) < 4.78 is 77.2. The molecule has 0 saturated heterocycles. The fraction of sp³-hybridized carbons (Fsp3) is 0.500. The van der Waals surface area contributed by atoms with Crippen LogP contribution in [0.4, 0.5) is 26.3 Å². The minimum atomic E-state index is -4.99. The van der Waals surface area contributed by atoms with Gasteiger partial charge in [0.1, 0.15) is 0 Å². The van der Waals surface area contributed by atoms with E-state index >= 15 is 0 Å². The monoisotopic (exact) mass is 447 g/mol. The van der Waals surface area contributed by atoms with E-state index in [2.05, 4.69) is 20.9 Å². The second kappa shape index (κ2) is 7.98. The van der Waals surface area contributed by atoms with Crippen molar-refractivity contribution in [2.45, 2.75) is 38.2 Å². The number of carboxylic acids is 1. The summed E-state index contributed by atoms with van der Waals surface area (Å²) >= 11 is 3.03. The van der Waals surface area contributed by atoms with Crippen LogP contribution < -0.4 is 0 Å². The molecule has 0 fully saturated rings. The number of benzene rings is 1. The molecule has 0 aliphatic heterocycles. The summed E-state index contributed by atoms with van der Waals surface area (Å²) in [5, 5.41) is 9.32. The molecule has 1 aromatic rings. The van der Waals surface area contributed by atoms with Crippen molar-refractivity contribution in [1.29, 1.82) is 0 Å². The van der Waals surface area contributed by atoms with Crippen LogP contribution in [-0.4, -0.2) is 28.2 Å². The van der Waals surface area contributed by atoms with Crippen LogP contribution in [-0.2, 0) is 17.1 Å². The van der Waals surface area contributed by atoms with Crippen LogP contribution >= 0.6 is 15.9 Å². The quantitative estimate of drug-likeness (QED) is 0.360. The Hall–Kier alpha value is -1.58. The van der Waals surface area contributed by atoms with Crippen LogP contribution in [0.2, 0.25) is 0 Å². The Kier molecular flexibility index (Phi) is 6.89. The van der Waals surface area contributed by atoms with Gasteiger partial charge in [0.2, 0.25) is 0 Å². The smallest absolute Gasteiger partial charge is 0.416 e. The highest BCUT2D eigenvalue weighted by atomic mass is 79.9. The molecule has 3 nitrogen and oxygen atoms in total. The van der Waals surface area contributed by atoms with Gasteiger partial charge in [0.25, 0.3) is 0 Å². The Labute approximate surface area is 154 Å². The van der Waals surface area contributed by atoms with E-state index in [0.717, 1.165) is 6.21 Å². The Morgan fingerprint density at radius 1 is 1.15 bits per heavy atom. The van der Waals surface area contributed by atoms with Gasteiger partial charge in [-0.3, -0.25) is 4.99 Å². The van der Waals surface area contributed by atoms with Gasteiger partial charge in [0.15, 0.2) is 5.54 Å². The molecule has 26 heavy (non-hydrogen) atoms. The van der Waals surface area contributed by atoms with E-state index in [-0.39, 0.29) is 11.4 Å². The summed E-state index contributed by atoms with van der Waals surface area (Å²) in [6, 6.07) is 0.993. The van der Waals surface area contributed by atoms with Crippen LogP contribution in [0.15, 0.2) is 23.2 Å². The lowest BCUT2D eigenvalue weighted by molar-refractivity contribution is -0.145. The molecule has 0 aliphatic rings. The zero-order chi connectivity index (χ0) is 20.3. The molecule has 0 heterocycles. The third-order valence-corrected chi connectivity index (χ3v) is 4.91. The molecule has 2 atom stereocenters. The maximum absolute atomic E-state index is 12.9. The molecule has 146 valence electrons. The minimum absolute atomic E-state index is 0.000935. The van der Waals surface area contributed by atoms with Gasteiger partial charge in [-0.15, -0.1) is 0 Å². The second-order valence-corrected chi connectivity index (χ2v) is 6.33. The number of halogens is 7. The maximum Gasteiger partial charge on any atom is 0.416 e. The van der Waals surface area contributed by atoms with Crippen LogP contribution in [0.3, 0.4) is 0 Å². The lowest BCUT2D eigenvalue weighted by Crippen LogP contribution is -2.44. The first-order valence-electron chi connectivity index (χ1n) is 7.42. The molecule has 0 aromatic heterocycles. The van der Waals surface area contributed by atoms with Crippen molar-refractivity contribution in [3.8, 4) is 0 Å². The lowest BCUT2D eigenvalue weighted by Gasteiger charge is -2.29. The summed E-state index contributed by atoms with van der Waals surface area (Å²) in [5.74, 6) is -1.84. The van der Waals surface area contributed by atoms with Gasteiger partial charge in [0, 0.05) is 11.5 Å². The Morgan fingerprint density at radius 3 is 1.92 bits per heavy atom. The van der Waals surface area contributed by atoms with Crippen LogP contribution in [0.25, 0.3) is 0 Å². The van der Waals surface area contributed by atoms with E-state index in [9.17, 15) is 36.2 Å². The number of hydrogen-bond acceptors (Lipinski definition) is 2. The Bertz CT molecular complexity index is 654. The van der Waals surface area contributed by atoms with Crippen LogP contribution in [0, 0.1) is 5.92 Å². The summed E-state index contributed by atoms with van der Waals surface area (Å²) in [7, 11) is 0. The first-order valence-corrected chi connectivity index (χ1v) is 8.54. The largest absolute Gasteiger partial charge is 0.479 e. The third-order valence-electron chi connectivity index (χ3n) is 4.06. The molecule has 1 N–H and O–H groups in total. The van der Waals surface area contributed by atoms with Crippen molar-refractivity contribution in [2.24, 2.45) is 10.9 Å². The zero-order valence-electron chi connectivity index (χ0n) is 13.7. The van der Waals surface area contributed by atoms with E-state index in [1.807, 2.05) is 0 Å². The predicted molar refractivity (Wildman–Crippen MR) is 87.7 cm³/mol. The molecule has 0 aliphatic carbocycles. The normalized spacial score (nSPS) is 16.5. The standard InChI is InChI=1S/C16H16BrF6NO2/c1-3-9(2)14(8-17,13(25)26)24-7-10-4-11(15(18,19)20)6-12(5-10)16(21,22)23/h4-7,9H,3,8H2,1-2H3,(H,25,26)/t9-,14?/m0/s1. The van der Waals surface area contributed by atoms with E-state index in [1.54, 1.807) is 13.8 Å². The molecule has 0 amide bonds. The molecule has 1 unspecified atom stereocenters. The number of nitrogens with zero attached hydrogens (tertiary/aromatic N) is 1. The summed E-state index contributed by atoms with van der Waals surface area (Å²) in [4.78, 5) is 15.5. The molecule has 0 spiro atoms. The first kappa shape index (κ1) is 22.5. The maximum atomic E-state index is 12.9. The van der Waals surface area contributed by atoms with Gasteiger partial charge < -0.3 is 5.11 Å². The number of aliphatic carboxylic acids is 1. The van der Waals surface area contributed by atoms with Crippen molar-refractivity contribution in [2.75, 3.05) is 5.33 Å². The van der Waals surface area contributed by atoms with Gasteiger partial charge >= 0.3 is 18.3 Å². The number of carboxylic acid groups (broad SMARTS) is 1. The molecule has 0 bridgehead atoms. The van der Waals surface area contributed by atoms with E-state index in [0.29, 0.717) is 18.6 Å². The molecular weight excluding hydrogens is 432 g/mol. The number of aliphatic imine (C=N–C) groups is 1. The average Bonchev–Trinajstić information content (AvgIpc) is 2.53. The summed E-state index contributed by atoms with van der Waals surface area (Å²) in [6.07, 6.45) is -8.84. The minimum Gasteiger partial charge on any atom is -0.479 e. The number of carbonyl (C=O) groups is 1. The van der Waals surface area contributed by atoms with Gasteiger partial charge in [-0.05, 0) is 29.7 Å². The fourth-order valence-corrected chi connectivity index (χ4v) is 3.13. The first-order chi connectivity index (χ1) is 11.8. The van der Waals surface area contributed by atoms with Crippen molar-refractivity contribution < 1.29 is 36.2 Å². The lowest BCUT2D eigenvalue weighted by atomic mass is 9.85. The fourth-order valence-electron chi connectivity index (χ4n) is 2.20. The van der Waals surface area contributed by atoms with E-state index in [1.165, 1.54) is 0 Å².